The average Bonchev–Trinajstić information content (AvgIpc) is 2.53. The van der Waals surface area contributed by atoms with Crippen LogP contribution in [0.1, 0.15) is 0 Å². The SMILES string of the molecule is COc1ccc2ccnc(N3CCOC(C(=O)O)C3)c2c1. The number of hydrogen-bond donors (Lipinski definition) is 1. The number of carboxylic acid groups (broad SMARTS) is 1. The number of carbonyl (C=O) groups is 1. The smallest absolute Gasteiger partial charge is 0.334 e. The summed E-state index contributed by atoms with van der Waals surface area (Å²) in [6.45, 7) is 1.28. The van der Waals surface area contributed by atoms with Gasteiger partial charge in [-0.05, 0) is 23.6 Å². The molecular formula is C15H16N2O4. The molecular weight excluding hydrogens is 272 g/mol. The highest BCUT2D eigenvalue weighted by atomic mass is 16.5. The molecule has 0 radical (unpaired) electrons. The van der Waals surface area contributed by atoms with Gasteiger partial charge in [0.15, 0.2) is 6.10 Å². The molecule has 0 saturated carbocycles. The molecule has 0 amide bonds. The Hall–Kier alpha value is -2.34. The zero-order valence-corrected chi connectivity index (χ0v) is 11.7. The molecule has 110 valence electrons. The van der Waals surface area contributed by atoms with Crippen LogP contribution in [0.5, 0.6) is 5.75 Å². The highest BCUT2D eigenvalue weighted by molar-refractivity contribution is 5.93. The van der Waals surface area contributed by atoms with Crippen LogP contribution in [0.15, 0.2) is 30.5 Å². The van der Waals surface area contributed by atoms with Crippen molar-refractivity contribution in [1.82, 2.24) is 4.98 Å². The van der Waals surface area contributed by atoms with E-state index in [1.807, 2.05) is 29.2 Å². The van der Waals surface area contributed by atoms with Gasteiger partial charge in [-0.15, -0.1) is 0 Å². The first-order valence-electron chi connectivity index (χ1n) is 6.71. The number of anilines is 1. The number of methoxy groups -OCH3 is 1. The highest BCUT2D eigenvalue weighted by Gasteiger charge is 2.27. The van der Waals surface area contributed by atoms with Crippen molar-refractivity contribution in [2.45, 2.75) is 6.10 Å². The van der Waals surface area contributed by atoms with Crippen LogP contribution in [-0.4, -0.2) is 49.0 Å². The number of morpholine rings is 1. The first-order valence-corrected chi connectivity index (χ1v) is 6.71. The molecule has 1 N–H and O–H groups in total. The van der Waals surface area contributed by atoms with Crippen LogP contribution in [0.25, 0.3) is 10.8 Å². The summed E-state index contributed by atoms with van der Waals surface area (Å²) < 4.78 is 10.5. The van der Waals surface area contributed by atoms with Crippen molar-refractivity contribution in [1.29, 1.82) is 0 Å². The third-order valence-corrected chi connectivity index (χ3v) is 3.59. The summed E-state index contributed by atoms with van der Waals surface area (Å²) in [5, 5.41) is 11.1. The summed E-state index contributed by atoms with van der Waals surface area (Å²) in [6.07, 6.45) is 0.913. The molecule has 21 heavy (non-hydrogen) atoms. The van der Waals surface area contributed by atoms with Crippen molar-refractivity contribution in [2.24, 2.45) is 0 Å². The van der Waals surface area contributed by atoms with Crippen LogP contribution in [0.2, 0.25) is 0 Å². The highest BCUT2D eigenvalue weighted by Crippen LogP contribution is 2.29. The Morgan fingerprint density at radius 2 is 2.33 bits per heavy atom. The minimum Gasteiger partial charge on any atom is -0.497 e. The van der Waals surface area contributed by atoms with Crippen LogP contribution in [0, 0.1) is 0 Å². The Bertz CT molecular complexity index is 674. The predicted octanol–water partition coefficient (Wildman–Crippen LogP) is 1.53. The van der Waals surface area contributed by atoms with Crippen molar-refractivity contribution < 1.29 is 19.4 Å². The minimum atomic E-state index is -0.947. The van der Waals surface area contributed by atoms with Gasteiger partial charge in [-0.25, -0.2) is 9.78 Å². The van der Waals surface area contributed by atoms with Crippen molar-refractivity contribution in [3.8, 4) is 5.75 Å². The van der Waals surface area contributed by atoms with Gasteiger partial charge in [0.2, 0.25) is 0 Å². The maximum absolute atomic E-state index is 11.1. The summed E-state index contributed by atoms with van der Waals surface area (Å²) in [5.74, 6) is 0.568. The van der Waals surface area contributed by atoms with Crippen molar-refractivity contribution >= 4 is 22.6 Å². The first kappa shape index (κ1) is 13.6. The molecule has 6 heteroatoms. The Morgan fingerprint density at radius 1 is 1.48 bits per heavy atom. The van der Waals surface area contributed by atoms with Crippen molar-refractivity contribution in [3.05, 3.63) is 30.5 Å². The van der Waals surface area contributed by atoms with Gasteiger partial charge in [-0.1, -0.05) is 6.07 Å². The lowest BCUT2D eigenvalue weighted by atomic mass is 10.1. The molecule has 3 rings (SSSR count). The van der Waals surface area contributed by atoms with E-state index in [1.165, 1.54) is 0 Å². The minimum absolute atomic E-state index is 0.290. The molecule has 1 aromatic heterocycles. The van der Waals surface area contributed by atoms with Gasteiger partial charge in [-0.2, -0.15) is 0 Å². The zero-order valence-electron chi connectivity index (χ0n) is 11.7. The molecule has 1 aliphatic rings. The average molecular weight is 288 g/mol. The number of pyridine rings is 1. The fourth-order valence-corrected chi connectivity index (χ4v) is 2.50. The molecule has 1 fully saturated rings. The van der Waals surface area contributed by atoms with Gasteiger partial charge in [0.25, 0.3) is 0 Å². The van der Waals surface area contributed by atoms with Gasteiger partial charge in [0.05, 0.1) is 20.3 Å². The van der Waals surface area contributed by atoms with E-state index in [9.17, 15) is 4.79 Å². The van der Waals surface area contributed by atoms with E-state index < -0.39 is 12.1 Å². The molecule has 1 atom stereocenters. The molecule has 2 heterocycles. The molecule has 1 unspecified atom stereocenters. The number of aromatic nitrogens is 1. The molecule has 6 nitrogen and oxygen atoms in total. The number of aliphatic carboxylic acids is 1. The third-order valence-electron chi connectivity index (χ3n) is 3.59. The second-order valence-corrected chi connectivity index (χ2v) is 4.87. The number of hydrogen-bond acceptors (Lipinski definition) is 5. The summed E-state index contributed by atoms with van der Waals surface area (Å²) in [4.78, 5) is 17.5. The second-order valence-electron chi connectivity index (χ2n) is 4.87. The largest absolute Gasteiger partial charge is 0.497 e. The van der Waals surface area contributed by atoms with Crippen LogP contribution in [-0.2, 0) is 9.53 Å². The van der Waals surface area contributed by atoms with E-state index in [2.05, 4.69) is 4.98 Å². The summed E-state index contributed by atoms with van der Waals surface area (Å²) in [5.41, 5.74) is 0. The van der Waals surface area contributed by atoms with E-state index in [1.54, 1.807) is 13.3 Å². The van der Waals surface area contributed by atoms with Crippen LogP contribution in [0.3, 0.4) is 0 Å². The van der Waals surface area contributed by atoms with E-state index in [0.717, 1.165) is 22.3 Å². The Labute approximate surface area is 121 Å². The first-order chi connectivity index (χ1) is 10.2. The molecule has 1 saturated heterocycles. The van der Waals surface area contributed by atoms with Gasteiger partial charge in [0, 0.05) is 18.1 Å². The van der Waals surface area contributed by atoms with E-state index in [-0.39, 0.29) is 0 Å². The fourth-order valence-electron chi connectivity index (χ4n) is 2.50. The third kappa shape index (κ3) is 2.62. The van der Waals surface area contributed by atoms with E-state index >= 15 is 0 Å². The van der Waals surface area contributed by atoms with E-state index in [4.69, 9.17) is 14.6 Å². The monoisotopic (exact) mass is 288 g/mol. The lowest BCUT2D eigenvalue weighted by Crippen LogP contribution is -2.46. The Morgan fingerprint density at radius 3 is 3.10 bits per heavy atom. The topological polar surface area (TPSA) is 71.9 Å². The number of rotatable bonds is 3. The summed E-state index contributed by atoms with van der Waals surface area (Å²) in [7, 11) is 1.62. The number of benzene rings is 1. The zero-order chi connectivity index (χ0) is 14.8. The van der Waals surface area contributed by atoms with E-state index in [0.29, 0.717) is 19.7 Å². The standard InChI is InChI=1S/C15H16N2O4/c1-20-11-3-2-10-4-5-16-14(12(10)8-11)17-6-7-21-13(9-17)15(18)19/h2-5,8,13H,6-7,9H2,1H3,(H,18,19). The fraction of sp³-hybridized carbons (Fsp3) is 0.333. The van der Waals surface area contributed by atoms with Crippen LogP contribution >= 0.6 is 0 Å². The molecule has 0 aliphatic carbocycles. The maximum atomic E-state index is 11.1. The quantitative estimate of drug-likeness (QED) is 0.923. The molecule has 0 bridgehead atoms. The van der Waals surface area contributed by atoms with Crippen LogP contribution in [0.4, 0.5) is 5.82 Å². The second kappa shape index (κ2) is 5.57. The summed E-state index contributed by atoms with van der Waals surface area (Å²) in [6, 6.07) is 7.70. The molecule has 1 aliphatic heterocycles. The lowest BCUT2D eigenvalue weighted by molar-refractivity contribution is -0.150. The van der Waals surface area contributed by atoms with Crippen molar-refractivity contribution in [3.63, 3.8) is 0 Å². The van der Waals surface area contributed by atoms with Crippen LogP contribution < -0.4 is 9.64 Å². The molecule has 2 aromatic rings. The normalized spacial score (nSPS) is 18.7. The van der Waals surface area contributed by atoms with Gasteiger partial charge < -0.3 is 19.5 Å². The molecule has 1 aromatic carbocycles. The Kier molecular flexibility index (Phi) is 3.62. The maximum Gasteiger partial charge on any atom is 0.334 e. The number of nitrogens with zero attached hydrogens (tertiary/aromatic N) is 2. The van der Waals surface area contributed by atoms with Gasteiger partial charge in [-0.3, -0.25) is 0 Å². The Balaban J connectivity index is 2.01. The van der Waals surface area contributed by atoms with Gasteiger partial charge in [0.1, 0.15) is 11.6 Å². The predicted molar refractivity (Wildman–Crippen MR) is 77.9 cm³/mol. The lowest BCUT2D eigenvalue weighted by Gasteiger charge is -2.32. The van der Waals surface area contributed by atoms with Crippen molar-refractivity contribution in [2.75, 3.05) is 31.7 Å². The molecule has 0 spiro atoms. The van der Waals surface area contributed by atoms with Gasteiger partial charge >= 0.3 is 5.97 Å². The number of ether oxygens (including phenoxy) is 2. The summed E-state index contributed by atoms with van der Waals surface area (Å²) >= 11 is 0. The number of carboxylic acids is 1. The number of fused-ring (bicyclic) bond motifs is 1.